The van der Waals surface area contributed by atoms with Gasteiger partial charge in [0.1, 0.15) is 5.82 Å². The van der Waals surface area contributed by atoms with E-state index in [0.29, 0.717) is 49.8 Å². The van der Waals surface area contributed by atoms with Crippen LogP contribution in [0.4, 0.5) is 10.3 Å². The van der Waals surface area contributed by atoms with Crippen molar-refractivity contribution in [2.24, 2.45) is 0 Å². The standard InChI is InChI=1S/C23H26FN5O2S/c1-17-16-25-12-13-29(17)32(30,31)21-7-3-5-19(15-21)22-9-11-27-23(28-22)26-10-8-18-4-2-6-20(24)14-18/h2-7,9,11,14-15,17,25H,8,10,12-13,16H2,1H3,(H,26,27,28)/t17-/m0/s1. The van der Waals surface area contributed by atoms with Crippen LogP contribution >= 0.6 is 0 Å². The van der Waals surface area contributed by atoms with E-state index in [4.69, 9.17) is 0 Å². The lowest BCUT2D eigenvalue weighted by Crippen LogP contribution is -2.52. The van der Waals surface area contributed by atoms with Gasteiger partial charge in [0, 0.05) is 44.0 Å². The fourth-order valence-electron chi connectivity index (χ4n) is 3.75. The first kappa shape index (κ1) is 22.3. The summed E-state index contributed by atoms with van der Waals surface area (Å²) in [5.41, 5.74) is 2.21. The molecule has 7 nitrogen and oxygen atoms in total. The molecule has 0 bridgehead atoms. The molecule has 0 saturated carbocycles. The Morgan fingerprint density at radius 1 is 1.19 bits per heavy atom. The first-order chi connectivity index (χ1) is 15.4. The van der Waals surface area contributed by atoms with Crippen molar-refractivity contribution in [2.45, 2.75) is 24.3 Å². The second-order valence-electron chi connectivity index (χ2n) is 7.77. The van der Waals surface area contributed by atoms with Crippen LogP contribution in [0.3, 0.4) is 0 Å². The van der Waals surface area contributed by atoms with Crippen LogP contribution in [0.5, 0.6) is 0 Å². The number of piperazine rings is 1. The lowest BCUT2D eigenvalue weighted by Gasteiger charge is -2.32. The summed E-state index contributed by atoms with van der Waals surface area (Å²) in [6.07, 6.45) is 2.26. The second kappa shape index (κ2) is 9.72. The summed E-state index contributed by atoms with van der Waals surface area (Å²) in [5.74, 6) is 0.175. The second-order valence-corrected chi connectivity index (χ2v) is 9.66. The third-order valence-electron chi connectivity index (χ3n) is 5.42. The van der Waals surface area contributed by atoms with E-state index in [1.807, 2.05) is 19.1 Å². The summed E-state index contributed by atoms with van der Waals surface area (Å²) < 4.78 is 41.2. The predicted octanol–water partition coefficient (Wildman–Crippen LogP) is 2.92. The number of hydrogen-bond acceptors (Lipinski definition) is 6. The fraction of sp³-hybridized carbons (Fsp3) is 0.304. The van der Waals surface area contributed by atoms with E-state index in [1.54, 1.807) is 40.8 Å². The van der Waals surface area contributed by atoms with E-state index in [1.165, 1.54) is 12.1 Å². The summed E-state index contributed by atoms with van der Waals surface area (Å²) in [4.78, 5) is 9.02. The van der Waals surface area contributed by atoms with Gasteiger partial charge < -0.3 is 10.6 Å². The lowest BCUT2D eigenvalue weighted by molar-refractivity contribution is 0.284. The van der Waals surface area contributed by atoms with E-state index in [9.17, 15) is 12.8 Å². The lowest BCUT2D eigenvalue weighted by atomic mass is 10.1. The topological polar surface area (TPSA) is 87.2 Å². The molecule has 4 rings (SSSR count). The number of nitrogens with zero attached hydrogens (tertiary/aromatic N) is 3. The van der Waals surface area contributed by atoms with Gasteiger partial charge in [-0.2, -0.15) is 4.31 Å². The fourth-order valence-corrected chi connectivity index (χ4v) is 5.42. The molecule has 0 spiro atoms. The maximum Gasteiger partial charge on any atom is 0.243 e. The van der Waals surface area contributed by atoms with Crippen LogP contribution in [0.15, 0.2) is 65.7 Å². The Morgan fingerprint density at radius 2 is 2.03 bits per heavy atom. The Morgan fingerprint density at radius 3 is 2.84 bits per heavy atom. The summed E-state index contributed by atoms with van der Waals surface area (Å²) >= 11 is 0. The Kier molecular flexibility index (Phi) is 6.78. The molecule has 2 heterocycles. The van der Waals surface area contributed by atoms with Crippen LogP contribution in [0, 0.1) is 5.82 Å². The van der Waals surface area contributed by atoms with Gasteiger partial charge in [-0.05, 0) is 49.2 Å². The SMILES string of the molecule is C[C@H]1CNCCN1S(=O)(=O)c1cccc(-c2ccnc(NCCc3cccc(F)c3)n2)c1. The summed E-state index contributed by atoms with van der Waals surface area (Å²) in [6, 6.07) is 15.0. The maximum absolute atomic E-state index is 13.3. The normalized spacial score (nSPS) is 17.2. The first-order valence-corrected chi connectivity index (χ1v) is 12.0. The van der Waals surface area contributed by atoms with Crippen LogP contribution in [0.1, 0.15) is 12.5 Å². The van der Waals surface area contributed by atoms with Crippen molar-refractivity contribution in [3.05, 3.63) is 72.2 Å². The molecule has 3 aromatic rings. The highest BCUT2D eigenvalue weighted by molar-refractivity contribution is 7.89. The first-order valence-electron chi connectivity index (χ1n) is 10.6. The van der Waals surface area contributed by atoms with Gasteiger partial charge in [0.15, 0.2) is 0 Å². The predicted molar refractivity (Wildman–Crippen MR) is 122 cm³/mol. The number of nitrogens with one attached hydrogen (secondary N) is 2. The maximum atomic E-state index is 13.3. The van der Waals surface area contributed by atoms with Crippen LogP contribution < -0.4 is 10.6 Å². The van der Waals surface area contributed by atoms with E-state index in [-0.39, 0.29) is 16.8 Å². The average Bonchev–Trinajstić information content (AvgIpc) is 2.80. The van der Waals surface area contributed by atoms with Crippen molar-refractivity contribution in [1.82, 2.24) is 19.6 Å². The summed E-state index contributed by atoms with van der Waals surface area (Å²) in [7, 11) is -3.60. The molecular weight excluding hydrogens is 429 g/mol. The average molecular weight is 456 g/mol. The highest BCUT2D eigenvalue weighted by Gasteiger charge is 2.31. The number of anilines is 1. The molecule has 1 saturated heterocycles. The molecule has 0 aliphatic carbocycles. The molecule has 1 aromatic heterocycles. The molecule has 1 atom stereocenters. The number of halogens is 1. The minimum Gasteiger partial charge on any atom is -0.354 e. The van der Waals surface area contributed by atoms with Gasteiger partial charge in [0.05, 0.1) is 10.6 Å². The number of aromatic nitrogens is 2. The molecule has 1 aliphatic rings. The molecule has 32 heavy (non-hydrogen) atoms. The molecule has 1 fully saturated rings. The van der Waals surface area contributed by atoms with Crippen LogP contribution in [-0.4, -0.2) is 54.9 Å². The van der Waals surface area contributed by atoms with E-state index < -0.39 is 10.0 Å². The van der Waals surface area contributed by atoms with Gasteiger partial charge in [0.2, 0.25) is 16.0 Å². The van der Waals surface area contributed by atoms with Gasteiger partial charge in [-0.25, -0.2) is 22.8 Å². The quantitative estimate of drug-likeness (QED) is 0.570. The van der Waals surface area contributed by atoms with E-state index in [2.05, 4.69) is 20.6 Å². The van der Waals surface area contributed by atoms with E-state index >= 15 is 0 Å². The molecule has 1 aliphatic heterocycles. The smallest absolute Gasteiger partial charge is 0.243 e. The number of hydrogen-bond donors (Lipinski definition) is 2. The third kappa shape index (κ3) is 5.12. The van der Waals surface area contributed by atoms with Gasteiger partial charge in [-0.3, -0.25) is 0 Å². The highest BCUT2D eigenvalue weighted by Crippen LogP contribution is 2.25. The molecule has 9 heteroatoms. The zero-order valence-corrected chi connectivity index (χ0v) is 18.6. The Balaban J connectivity index is 1.49. The van der Waals surface area contributed by atoms with Gasteiger partial charge in [0.25, 0.3) is 0 Å². The van der Waals surface area contributed by atoms with E-state index in [0.717, 1.165) is 5.56 Å². The molecular formula is C23H26FN5O2S. The summed E-state index contributed by atoms with van der Waals surface area (Å²) in [5, 5.41) is 6.36. The highest BCUT2D eigenvalue weighted by atomic mass is 32.2. The van der Waals surface area contributed by atoms with Gasteiger partial charge in [-0.15, -0.1) is 0 Å². The van der Waals surface area contributed by atoms with Gasteiger partial charge >= 0.3 is 0 Å². The number of sulfonamides is 1. The number of benzene rings is 2. The minimum absolute atomic E-state index is 0.106. The summed E-state index contributed by atoms with van der Waals surface area (Å²) in [6.45, 7) is 4.16. The zero-order chi connectivity index (χ0) is 22.6. The Hall–Kier alpha value is -2.88. The monoisotopic (exact) mass is 455 g/mol. The van der Waals surface area contributed by atoms with Crippen molar-refractivity contribution in [1.29, 1.82) is 0 Å². The van der Waals surface area contributed by atoms with Crippen molar-refractivity contribution >= 4 is 16.0 Å². The molecule has 2 aromatic carbocycles. The zero-order valence-electron chi connectivity index (χ0n) is 17.8. The molecule has 0 amide bonds. The Labute approximate surface area is 187 Å². The van der Waals surface area contributed by atoms with Gasteiger partial charge in [-0.1, -0.05) is 24.3 Å². The van der Waals surface area contributed by atoms with Crippen molar-refractivity contribution in [3.63, 3.8) is 0 Å². The van der Waals surface area contributed by atoms with Crippen LogP contribution in [0.2, 0.25) is 0 Å². The molecule has 0 unspecified atom stereocenters. The molecule has 2 N–H and O–H groups in total. The largest absolute Gasteiger partial charge is 0.354 e. The van der Waals surface area contributed by atoms with Crippen molar-refractivity contribution in [3.8, 4) is 11.3 Å². The van der Waals surface area contributed by atoms with Crippen molar-refractivity contribution in [2.75, 3.05) is 31.5 Å². The third-order valence-corrected chi connectivity index (χ3v) is 7.43. The Bertz CT molecular complexity index is 1190. The molecule has 0 radical (unpaired) electrons. The molecule has 168 valence electrons. The minimum atomic E-state index is -3.60. The number of rotatable bonds is 7. The van der Waals surface area contributed by atoms with Crippen LogP contribution in [0.25, 0.3) is 11.3 Å². The van der Waals surface area contributed by atoms with Crippen LogP contribution in [-0.2, 0) is 16.4 Å². The van der Waals surface area contributed by atoms with Crippen molar-refractivity contribution < 1.29 is 12.8 Å².